The third kappa shape index (κ3) is 4.25. The van der Waals surface area contributed by atoms with E-state index in [9.17, 15) is 9.59 Å². The molecule has 3 aliphatic carbocycles. The van der Waals surface area contributed by atoms with Gasteiger partial charge >= 0.3 is 0 Å². The molecule has 4 atom stereocenters. The van der Waals surface area contributed by atoms with Gasteiger partial charge in [0.1, 0.15) is 11.5 Å². The van der Waals surface area contributed by atoms with Crippen LogP contribution in [0.5, 0.6) is 11.5 Å². The van der Waals surface area contributed by atoms with E-state index in [0.717, 1.165) is 51.9 Å². The van der Waals surface area contributed by atoms with Gasteiger partial charge in [-0.1, -0.05) is 13.8 Å². The molecule has 1 spiro atoms. The lowest BCUT2D eigenvalue weighted by Crippen LogP contribution is -2.66. The summed E-state index contributed by atoms with van der Waals surface area (Å²) in [5.41, 5.74) is -0.172. The molecular weight excluding hydrogens is 394 g/mol. The van der Waals surface area contributed by atoms with Gasteiger partial charge in [0.25, 0.3) is 5.91 Å². The quantitative estimate of drug-likeness (QED) is 0.621. The Morgan fingerprint density at radius 3 is 2.81 bits per heavy atom. The third-order valence-electron chi connectivity index (χ3n) is 7.45. The highest BCUT2D eigenvalue weighted by molar-refractivity contribution is 5.98. The molecule has 1 aromatic carbocycles. The highest BCUT2D eigenvalue weighted by atomic mass is 16.5. The second kappa shape index (κ2) is 9.07. The van der Waals surface area contributed by atoms with Crippen molar-refractivity contribution >= 4 is 11.8 Å². The molecule has 5 rings (SSSR count). The van der Waals surface area contributed by atoms with Gasteiger partial charge in [-0.2, -0.15) is 0 Å². The van der Waals surface area contributed by atoms with E-state index in [1.807, 2.05) is 0 Å². The molecule has 7 nitrogen and oxygen atoms in total. The molecular formula is C24H35N3O4. The van der Waals surface area contributed by atoms with E-state index in [-0.39, 0.29) is 29.6 Å². The van der Waals surface area contributed by atoms with Crippen molar-refractivity contribution in [3.63, 3.8) is 0 Å². The highest BCUT2D eigenvalue weighted by Gasteiger charge is 2.57. The second-order valence-corrected chi connectivity index (χ2v) is 9.06. The minimum atomic E-state index is -0.709. The van der Waals surface area contributed by atoms with Crippen molar-refractivity contribution in [2.24, 2.45) is 17.8 Å². The number of nitrogens with zero attached hydrogens (tertiary/aromatic N) is 1. The van der Waals surface area contributed by atoms with E-state index in [2.05, 4.69) is 29.4 Å². The van der Waals surface area contributed by atoms with Crippen molar-refractivity contribution in [3.8, 4) is 11.5 Å². The topological polar surface area (TPSA) is 79.9 Å². The number of carbonyl (C=O) groups is 2. The summed E-state index contributed by atoms with van der Waals surface area (Å²) in [6, 6.07) is 5.30. The molecule has 2 bridgehead atoms. The molecule has 2 N–H and O–H groups in total. The van der Waals surface area contributed by atoms with Crippen molar-refractivity contribution < 1.29 is 19.1 Å². The molecule has 2 amide bonds. The summed E-state index contributed by atoms with van der Waals surface area (Å²) in [7, 11) is 1.61. The fourth-order valence-corrected chi connectivity index (χ4v) is 5.62. The standard InChI is InChI=1S/C24H35N3O4/c1-4-27(5-2)12-6-11-25-22(28)20-13-17-8-7-16(20)15-24(17)26-23(29)19-10-9-18(30-3)14-21(19)31-24/h9-10,14,16-17,20H,4-8,11-13,15H2,1-3H3,(H,25,28)(H,26,29)/t16-,17+,20+,24+/m1/s1. The molecule has 3 saturated carbocycles. The predicted octanol–water partition coefficient (Wildman–Crippen LogP) is 2.80. The van der Waals surface area contributed by atoms with E-state index < -0.39 is 5.72 Å². The molecule has 1 heterocycles. The van der Waals surface area contributed by atoms with E-state index in [1.165, 1.54) is 0 Å². The van der Waals surface area contributed by atoms with Gasteiger partial charge in [0.2, 0.25) is 5.91 Å². The van der Waals surface area contributed by atoms with Gasteiger partial charge < -0.3 is 25.0 Å². The molecule has 0 radical (unpaired) electrons. The van der Waals surface area contributed by atoms with E-state index in [0.29, 0.717) is 23.5 Å². The summed E-state index contributed by atoms with van der Waals surface area (Å²) in [5.74, 6) is 1.67. The smallest absolute Gasteiger partial charge is 0.258 e. The number of benzene rings is 1. The van der Waals surface area contributed by atoms with Crippen LogP contribution in [0.1, 0.15) is 56.3 Å². The number of ether oxygens (including phenoxy) is 2. The lowest BCUT2D eigenvalue weighted by molar-refractivity contribution is -0.146. The first kappa shape index (κ1) is 21.9. The Kier molecular flexibility index (Phi) is 6.42. The van der Waals surface area contributed by atoms with Crippen LogP contribution in [-0.2, 0) is 4.79 Å². The van der Waals surface area contributed by atoms with Crippen molar-refractivity contribution in [1.82, 2.24) is 15.5 Å². The molecule has 1 aliphatic heterocycles. The first-order valence-electron chi connectivity index (χ1n) is 11.7. The average molecular weight is 430 g/mol. The highest BCUT2D eigenvalue weighted by Crippen LogP contribution is 2.52. The lowest BCUT2D eigenvalue weighted by atomic mass is 9.60. The number of amides is 2. The third-order valence-corrected chi connectivity index (χ3v) is 7.45. The minimum Gasteiger partial charge on any atom is -0.497 e. The predicted molar refractivity (Wildman–Crippen MR) is 118 cm³/mol. The van der Waals surface area contributed by atoms with Crippen molar-refractivity contribution in [3.05, 3.63) is 23.8 Å². The Bertz CT molecular complexity index is 825. The Labute approximate surface area is 184 Å². The number of hydrogen-bond donors (Lipinski definition) is 2. The zero-order chi connectivity index (χ0) is 22.0. The number of methoxy groups -OCH3 is 1. The summed E-state index contributed by atoms with van der Waals surface area (Å²) in [6.07, 6.45) is 4.38. The first-order valence-corrected chi connectivity index (χ1v) is 11.7. The molecule has 7 heteroatoms. The molecule has 1 aromatic rings. The Balaban J connectivity index is 1.39. The van der Waals surface area contributed by atoms with Gasteiger partial charge in [-0.05, 0) is 63.4 Å². The Morgan fingerprint density at radius 2 is 2.13 bits per heavy atom. The van der Waals surface area contributed by atoms with Crippen molar-refractivity contribution in [2.45, 2.75) is 51.7 Å². The van der Waals surface area contributed by atoms with E-state index in [1.54, 1.807) is 25.3 Å². The largest absolute Gasteiger partial charge is 0.497 e. The van der Waals surface area contributed by atoms with Crippen LogP contribution in [0.3, 0.4) is 0 Å². The number of nitrogens with one attached hydrogen (secondary N) is 2. The molecule has 0 unspecified atom stereocenters. The Hall–Kier alpha value is -2.28. The summed E-state index contributed by atoms with van der Waals surface area (Å²) in [4.78, 5) is 28.1. The second-order valence-electron chi connectivity index (χ2n) is 9.06. The van der Waals surface area contributed by atoms with Gasteiger partial charge in [-0.3, -0.25) is 9.59 Å². The fourth-order valence-electron chi connectivity index (χ4n) is 5.62. The van der Waals surface area contributed by atoms with Crippen LogP contribution in [0, 0.1) is 17.8 Å². The maximum atomic E-state index is 12.9. The maximum absolute atomic E-state index is 12.9. The fraction of sp³-hybridized carbons (Fsp3) is 0.667. The van der Waals surface area contributed by atoms with Crippen LogP contribution in [0.2, 0.25) is 0 Å². The van der Waals surface area contributed by atoms with Gasteiger partial charge in [-0.25, -0.2) is 0 Å². The number of carbonyl (C=O) groups excluding carboxylic acids is 2. The Morgan fingerprint density at radius 1 is 1.32 bits per heavy atom. The van der Waals surface area contributed by atoms with Gasteiger partial charge in [0, 0.05) is 30.9 Å². The molecule has 4 aliphatic rings. The summed E-state index contributed by atoms with van der Waals surface area (Å²) in [6.45, 7) is 8.14. The molecule has 170 valence electrons. The van der Waals surface area contributed by atoms with Crippen LogP contribution in [-0.4, -0.2) is 55.7 Å². The summed E-state index contributed by atoms with van der Waals surface area (Å²) in [5, 5.41) is 6.32. The zero-order valence-corrected chi connectivity index (χ0v) is 18.9. The molecule has 31 heavy (non-hydrogen) atoms. The van der Waals surface area contributed by atoms with Gasteiger partial charge in [0.15, 0.2) is 5.72 Å². The monoisotopic (exact) mass is 429 g/mol. The first-order chi connectivity index (χ1) is 15.0. The van der Waals surface area contributed by atoms with Crippen LogP contribution in [0.4, 0.5) is 0 Å². The summed E-state index contributed by atoms with van der Waals surface area (Å²) < 4.78 is 11.7. The average Bonchev–Trinajstić information content (AvgIpc) is 2.78. The normalized spacial score (nSPS) is 28.8. The van der Waals surface area contributed by atoms with Gasteiger partial charge in [0.05, 0.1) is 12.7 Å². The number of fused-ring (bicyclic) bond motifs is 3. The molecule has 0 aromatic heterocycles. The number of rotatable bonds is 8. The maximum Gasteiger partial charge on any atom is 0.258 e. The van der Waals surface area contributed by atoms with Crippen molar-refractivity contribution in [2.75, 3.05) is 33.3 Å². The zero-order valence-electron chi connectivity index (χ0n) is 18.9. The lowest BCUT2D eigenvalue weighted by Gasteiger charge is -2.55. The minimum absolute atomic E-state index is 0.00466. The van der Waals surface area contributed by atoms with Crippen LogP contribution < -0.4 is 20.1 Å². The van der Waals surface area contributed by atoms with E-state index >= 15 is 0 Å². The van der Waals surface area contributed by atoms with Crippen molar-refractivity contribution in [1.29, 1.82) is 0 Å². The van der Waals surface area contributed by atoms with E-state index in [4.69, 9.17) is 9.47 Å². The molecule has 3 fully saturated rings. The van der Waals surface area contributed by atoms with Crippen LogP contribution in [0.15, 0.2) is 18.2 Å². The van der Waals surface area contributed by atoms with Gasteiger partial charge in [-0.15, -0.1) is 0 Å². The summed E-state index contributed by atoms with van der Waals surface area (Å²) >= 11 is 0. The van der Waals surface area contributed by atoms with Crippen LogP contribution >= 0.6 is 0 Å². The number of hydrogen-bond acceptors (Lipinski definition) is 5. The van der Waals surface area contributed by atoms with Crippen LogP contribution in [0.25, 0.3) is 0 Å². The molecule has 0 saturated heterocycles. The SMILES string of the molecule is CCN(CC)CCCNC(=O)[C@H]1C[C@@H]2CC[C@@H]1C[C@@]21NC(=O)c2ccc(OC)cc2O1.